The smallest absolute Gasteiger partial charge is 0.336 e. The van der Waals surface area contributed by atoms with E-state index in [0.29, 0.717) is 35.4 Å². The highest BCUT2D eigenvalue weighted by Gasteiger charge is 2.43. The number of aryl methyl sites for hydroxylation is 1. The van der Waals surface area contributed by atoms with E-state index in [0.717, 1.165) is 16.8 Å². The summed E-state index contributed by atoms with van der Waals surface area (Å²) in [6, 6.07) is 13.4. The quantitative estimate of drug-likeness (QED) is 0.535. The number of dihydropyridines is 1. The Morgan fingerprint density at radius 1 is 1.06 bits per heavy atom. The average Bonchev–Trinajstić information content (AvgIpc) is 2.78. The van der Waals surface area contributed by atoms with Gasteiger partial charge in [-0.2, -0.15) is 0 Å². The van der Waals surface area contributed by atoms with Gasteiger partial charge in [-0.05, 0) is 62.4 Å². The minimum absolute atomic E-state index is 0.00259. The summed E-state index contributed by atoms with van der Waals surface area (Å²) < 4.78 is 33.6. The fourth-order valence-corrected chi connectivity index (χ4v) is 5.98. The minimum Gasteiger partial charge on any atom is -0.463 e. The highest BCUT2D eigenvalue weighted by Crippen LogP contribution is 2.46. The number of Topliss-reactive ketones (excluding diaryl/α,β-unsaturated/α-hetero) is 1. The van der Waals surface area contributed by atoms with Crippen LogP contribution in [0.3, 0.4) is 0 Å². The van der Waals surface area contributed by atoms with Crippen LogP contribution in [0.25, 0.3) is 0 Å². The van der Waals surface area contributed by atoms with Crippen LogP contribution in [0.2, 0.25) is 0 Å². The Hall–Kier alpha value is -3.39. The first-order valence-electron chi connectivity index (χ1n) is 12.0. The van der Waals surface area contributed by atoms with Gasteiger partial charge in [-0.25, -0.2) is 13.2 Å². The summed E-state index contributed by atoms with van der Waals surface area (Å²) in [5.41, 5.74) is 4.35. The Morgan fingerprint density at radius 3 is 2.31 bits per heavy atom. The molecule has 190 valence electrons. The molecule has 8 heteroatoms. The second-order valence-corrected chi connectivity index (χ2v) is 11.9. The number of carbonyl (C=O) groups excluding carboxylic acids is 2. The van der Waals surface area contributed by atoms with Crippen molar-refractivity contribution in [2.24, 2.45) is 5.41 Å². The zero-order chi connectivity index (χ0) is 26.3. The number of hydrogen-bond donors (Lipinski definition) is 2. The molecule has 0 saturated carbocycles. The molecule has 1 atom stereocenters. The van der Waals surface area contributed by atoms with E-state index in [1.807, 2.05) is 13.8 Å². The molecule has 0 spiro atoms. The molecule has 2 aliphatic rings. The number of sulfonamides is 1. The maximum atomic E-state index is 13.3. The number of ether oxygens (including phenoxy) is 1. The van der Waals surface area contributed by atoms with E-state index in [9.17, 15) is 18.0 Å². The van der Waals surface area contributed by atoms with Crippen molar-refractivity contribution in [3.63, 3.8) is 0 Å². The van der Waals surface area contributed by atoms with Crippen molar-refractivity contribution in [2.45, 2.75) is 58.3 Å². The summed E-state index contributed by atoms with van der Waals surface area (Å²) in [5, 5.41) is 3.30. The SMILES string of the molecule is CCOC(=O)C1=C(C)NC2=C(C(=O)CC(C)(C)C2)C1c1ccc(NS(=O)(=O)c2ccc(C)cc2)cc1. The third-order valence-corrected chi connectivity index (χ3v) is 7.96. The molecule has 0 fully saturated rings. The van der Waals surface area contributed by atoms with Gasteiger partial charge in [0.25, 0.3) is 10.0 Å². The lowest BCUT2D eigenvalue weighted by Crippen LogP contribution is -2.38. The lowest BCUT2D eigenvalue weighted by atomic mass is 9.68. The van der Waals surface area contributed by atoms with Gasteiger partial charge in [-0.1, -0.05) is 43.7 Å². The zero-order valence-electron chi connectivity index (χ0n) is 21.3. The van der Waals surface area contributed by atoms with E-state index >= 15 is 0 Å². The van der Waals surface area contributed by atoms with Crippen LogP contribution in [0.1, 0.15) is 57.6 Å². The van der Waals surface area contributed by atoms with Crippen LogP contribution in [0.5, 0.6) is 0 Å². The van der Waals surface area contributed by atoms with Crippen LogP contribution in [-0.2, 0) is 24.3 Å². The molecule has 2 aromatic carbocycles. The van der Waals surface area contributed by atoms with Crippen molar-refractivity contribution in [1.29, 1.82) is 0 Å². The summed E-state index contributed by atoms with van der Waals surface area (Å²) in [4.78, 5) is 26.5. The minimum atomic E-state index is -3.76. The number of benzene rings is 2. The number of allylic oxidation sites excluding steroid dienone is 3. The van der Waals surface area contributed by atoms with E-state index in [1.165, 1.54) is 0 Å². The van der Waals surface area contributed by atoms with Gasteiger partial charge in [0.2, 0.25) is 0 Å². The van der Waals surface area contributed by atoms with E-state index in [2.05, 4.69) is 23.9 Å². The van der Waals surface area contributed by atoms with E-state index in [4.69, 9.17) is 4.74 Å². The van der Waals surface area contributed by atoms with Crippen LogP contribution >= 0.6 is 0 Å². The molecule has 0 radical (unpaired) electrons. The normalized spacial score (nSPS) is 19.5. The molecule has 0 amide bonds. The maximum Gasteiger partial charge on any atom is 0.336 e. The van der Waals surface area contributed by atoms with Crippen LogP contribution in [0.15, 0.2) is 76.0 Å². The zero-order valence-corrected chi connectivity index (χ0v) is 22.1. The van der Waals surface area contributed by atoms with Crippen molar-refractivity contribution in [1.82, 2.24) is 5.32 Å². The molecule has 1 unspecified atom stereocenters. The van der Waals surface area contributed by atoms with Crippen LogP contribution in [0, 0.1) is 12.3 Å². The lowest BCUT2D eigenvalue weighted by Gasteiger charge is -2.39. The van der Waals surface area contributed by atoms with Crippen molar-refractivity contribution < 1.29 is 22.7 Å². The highest BCUT2D eigenvalue weighted by atomic mass is 32.2. The Kier molecular flexibility index (Phi) is 6.84. The van der Waals surface area contributed by atoms with Gasteiger partial charge in [-0.15, -0.1) is 0 Å². The Bertz CT molecular complexity index is 1370. The third-order valence-electron chi connectivity index (χ3n) is 6.56. The first-order valence-corrected chi connectivity index (χ1v) is 13.5. The van der Waals surface area contributed by atoms with Gasteiger partial charge in [0.15, 0.2) is 5.78 Å². The van der Waals surface area contributed by atoms with Gasteiger partial charge in [0.05, 0.1) is 17.1 Å². The van der Waals surface area contributed by atoms with Gasteiger partial charge in [0.1, 0.15) is 0 Å². The molecule has 1 aliphatic heterocycles. The van der Waals surface area contributed by atoms with E-state index < -0.39 is 21.9 Å². The number of hydrogen-bond acceptors (Lipinski definition) is 6. The number of ketones is 1. The molecule has 1 heterocycles. The Balaban J connectivity index is 1.71. The predicted molar refractivity (Wildman–Crippen MR) is 139 cm³/mol. The molecule has 4 rings (SSSR count). The molecule has 1 aliphatic carbocycles. The summed E-state index contributed by atoms with van der Waals surface area (Å²) in [7, 11) is -3.76. The molecule has 7 nitrogen and oxygen atoms in total. The summed E-state index contributed by atoms with van der Waals surface area (Å²) in [6.45, 7) is 9.78. The monoisotopic (exact) mass is 508 g/mol. The molecular formula is C28H32N2O5S. The average molecular weight is 509 g/mol. The van der Waals surface area contributed by atoms with Crippen molar-refractivity contribution in [2.75, 3.05) is 11.3 Å². The van der Waals surface area contributed by atoms with Crippen LogP contribution < -0.4 is 10.0 Å². The number of anilines is 1. The van der Waals surface area contributed by atoms with E-state index in [-0.39, 0.29) is 22.7 Å². The van der Waals surface area contributed by atoms with Crippen molar-refractivity contribution in [3.8, 4) is 0 Å². The second-order valence-electron chi connectivity index (χ2n) is 10.2. The first kappa shape index (κ1) is 25.7. The fraction of sp³-hybridized carbons (Fsp3) is 0.357. The fourth-order valence-electron chi connectivity index (χ4n) is 4.92. The molecule has 36 heavy (non-hydrogen) atoms. The van der Waals surface area contributed by atoms with Gasteiger partial charge < -0.3 is 10.1 Å². The summed E-state index contributed by atoms with van der Waals surface area (Å²) >= 11 is 0. The molecule has 2 aromatic rings. The van der Waals surface area contributed by atoms with Gasteiger partial charge >= 0.3 is 5.97 Å². The first-order chi connectivity index (χ1) is 16.9. The van der Waals surface area contributed by atoms with E-state index in [1.54, 1.807) is 55.5 Å². The Morgan fingerprint density at radius 2 is 1.69 bits per heavy atom. The molecule has 0 saturated heterocycles. The largest absolute Gasteiger partial charge is 0.463 e. The van der Waals surface area contributed by atoms with Gasteiger partial charge in [0, 0.05) is 35.0 Å². The standard InChI is InChI=1S/C28H32N2O5S/c1-6-35-27(32)24-18(3)29-22-15-28(4,5)16-23(31)26(22)25(24)19-9-11-20(12-10-19)30-36(33,34)21-13-7-17(2)8-14-21/h7-14,25,29-30H,6,15-16H2,1-5H3. The molecule has 0 aromatic heterocycles. The third kappa shape index (κ3) is 5.09. The lowest BCUT2D eigenvalue weighted by molar-refractivity contribution is -0.138. The van der Waals surface area contributed by atoms with Crippen LogP contribution in [-0.4, -0.2) is 26.8 Å². The topological polar surface area (TPSA) is 102 Å². The summed E-state index contributed by atoms with van der Waals surface area (Å²) in [5.74, 6) is -1.07. The number of nitrogens with one attached hydrogen (secondary N) is 2. The number of esters is 1. The maximum absolute atomic E-state index is 13.3. The van der Waals surface area contributed by atoms with Gasteiger partial charge in [-0.3, -0.25) is 9.52 Å². The number of rotatable bonds is 6. The van der Waals surface area contributed by atoms with Crippen molar-refractivity contribution in [3.05, 3.63) is 82.2 Å². The highest BCUT2D eigenvalue weighted by molar-refractivity contribution is 7.92. The predicted octanol–water partition coefficient (Wildman–Crippen LogP) is 4.96. The molecular weight excluding hydrogens is 476 g/mol. The number of carbonyl (C=O) groups is 2. The van der Waals surface area contributed by atoms with Crippen LogP contribution in [0.4, 0.5) is 5.69 Å². The molecule has 2 N–H and O–H groups in total. The second kappa shape index (κ2) is 9.58. The Labute approximate surface area is 212 Å². The summed E-state index contributed by atoms with van der Waals surface area (Å²) in [6.07, 6.45) is 1.07. The van der Waals surface area contributed by atoms with Crippen molar-refractivity contribution >= 4 is 27.5 Å². The molecule has 0 bridgehead atoms.